The first-order valence-electron chi connectivity index (χ1n) is 6.79. The SMILES string of the molecule is CNC1CCN(Cc2cc(OC)c(OC)cc2C)C1.Cl. The third-order valence-corrected chi connectivity index (χ3v) is 3.92. The van der Waals surface area contributed by atoms with Gasteiger partial charge in [-0.1, -0.05) is 0 Å². The van der Waals surface area contributed by atoms with E-state index in [2.05, 4.69) is 29.3 Å². The van der Waals surface area contributed by atoms with Gasteiger partial charge in [0.25, 0.3) is 0 Å². The smallest absolute Gasteiger partial charge is 0.161 e. The van der Waals surface area contributed by atoms with Gasteiger partial charge in [0, 0.05) is 25.7 Å². The standard InChI is InChI=1S/C15H24N2O2.ClH/c1-11-7-14(18-3)15(19-4)8-12(11)9-17-6-5-13(10-17)16-2;/h7-8,13,16H,5-6,9-10H2,1-4H3;1H. The molecule has 1 aliphatic rings. The lowest BCUT2D eigenvalue weighted by Gasteiger charge is -2.19. The van der Waals surface area contributed by atoms with Crippen molar-refractivity contribution in [3.8, 4) is 11.5 Å². The molecule has 1 N–H and O–H groups in total. The fraction of sp³-hybridized carbons (Fsp3) is 0.600. The molecule has 2 rings (SSSR count). The number of ether oxygens (including phenoxy) is 2. The maximum atomic E-state index is 5.38. The van der Waals surface area contributed by atoms with Gasteiger partial charge < -0.3 is 14.8 Å². The van der Waals surface area contributed by atoms with Crippen molar-refractivity contribution in [2.75, 3.05) is 34.4 Å². The molecule has 0 aromatic heterocycles. The van der Waals surface area contributed by atoms with Crippen LogP contribution in [0, 0.1) is 6.92 Å². The number of benzene rings is 1. The highest BCUT2D eigenvalue weighted by Gasteiger charge is 2.21. The van der Waals surface area contributed by atoms with E-state index in [0.29, 0.717) is 6.04 Å². The zero-order chi connectivity index (χ0) is 13.8. The van der Waals surface area contributed by atoms with Gasteiger partial charge in [-0.3, -0.25) is 4.90 Å². The first-order valence-corrected chi connectivity index (χ1v) is 6.79. The predicted octanol–water partition coefficient (Wildman–Crippen LogP) is 2.23. The minimum Gasteiger partial charge on any atom is -0.493 e. The van der Waals surface area contributed by atoms with E-state index >= 15 is 0 Å². The summed E-state index contributed by atoms with van der Waals surface area (Å²) in [6.45, 7) is 5.37. The van der Waals surface area contributed by atoms with Gasteiger partial charge in [-0.15, -0.1) is 12.4 Å². The van der Waals surface area contributed by atoms with Crippen LogP contribution in [0.25, 0.3) is 0 Å². The molecule has 0 bridgehead atoms. The molecule has 1 fully saturated rings. The summed E-state index contributed by atoms with van der Waals surface area (Å²) in [5.41, 5.74) is 2.57. The highest BCUT2D eigenvalue weighted by molar-refractivity contribution is 5.85. The van der Waals surface area contributed by atoms with E-state index in [1.54, 1.807) is 14.2 Å². The van der Waals surface area contributed by atoms with Crippen LogP contribution in [0.3, 0.4) is 0 Å². The van der Waals surface area contributed by atoms with Crippen molar-refractivity contribution < 1.29 is 9.47 Å². The molecule has 1 saturated heterocycles. The minimum atomic E-state index is 0. The van der Waals surface area contributed by atoms with Crippen LogP contribution in [0.15, 0.2) is 12.1 Å². The van der Waals surface area contributed by atoms with Crippen LogP contribution in [-0.2, 0) is 6.54 Å². The summed E-state index contributed by atoms with van der Waals surface area (Å²) in [6, 6.07) is 4.78. The average Bonchev–Trinajstić information content (AvgIpc) is 2.88. The number of hydrogen-bond acceptors (Lipinski definition) is 4. The highest BCUT2D eigenvalue weighted by Crippen LogP contribution is 2.31. The number of aryl methyl sites for hydroxylation is 1. The molecule has 0 spiro atoms. The molecule has 1 heterocycles. The van der Waals surface area contributed by atoms with Crippen LogP contribution in [0.4, 0.5) is 0 Å². The third-order valence-electron chi connectivity index (χ3n) is 3.92. The van der Waals surface area contributed by atoms with Crippen LogP contribution in [0.5, 0.6) is 11.5 Å². The number of likely N-dealkylation sites (N-methyl/N-ethyl adjacent to an activating group) is 1. The van der Waals surface area contributed by atoms with Gasteiger partial charge in [0.15, 0.2) is 11.5 Å². The molecule has 1 unspecified atom stereocenters. The van der Waals surface area contributed by atoms with E-state index in [1.165, 1.54) is 17.5 Å². The Balaban J connectivity index is 0.00000200. The number of nitrogens with zero attached hydrogens (tertiary/aromatic N) is 1. The molecule has 114 valence electrons. The molecular formula is C15H25ClN2O2. The predicted molar refractivity (Wildman–Crippen MR) is 84.3 cm³/mol. The molecule has 4 nitrogen and oxygen atoms in total. The van der Waals surface area contributed by atoms with Gasteiger partial charge in [-0.25, -0.2) is 0 Å². The second kappa shape index (κ2) is 7.72. The summed E-state index contributed by atoms with van der Waals surface area (Å²) in [5.74, 6) is 1.62. The Labute approximate surface area is 127 Å². The summed E-state index contributed by atoms with van der Waals surface area (Å²) in [6.07, 6.45) is 1.23. The number of likely N-dealkylation sites (tertiary alicyclic amines) is 1. The van der Waals surface area contributed by atoms with Crippen molar-refractivity contribution >= 4 is 12.4 Å². The Hall–Kier alpha value is -0.970. The molecule has 5 heteroatoms. The lowest BCUT2D eigenvalue weighted by molar-refractivity contribution is 0.318. The molecule has 0 saturated carbocycles. The van der Waals surface area contributed by atoms with Crippen LogP contribution < -0.4 is 14.8 Å². The Kier molecular flexibility index (Phi) is 6.59. The van der Waals surface area contributed by atoms with Crippen molar-refractivity contribution in [1.29, 1.82) is 0 Å². The lowest BCUT2D eigenvalue weighted by atomic mass is 10.1. The summed E-state index contributed by atoms with van der Waals surface area (Å²) < 4.78 is 10.7. The van der Waals surface area contributed by atoms with Crippen molar-refractivity contribution in [3.63, 3.8) is 0 Å². The average molecular weight is 301 g/mol. The summed E-state index contributed by atoms with van der Waals surface area (Å²) >= 11 is 0. The first kappa shape index (κ1) is 17.1. The minimum absolute atomic E-state index is 0. The second-order valence-electron chi connectivity index (χ2n) is 5.14. The monoisotopic (exact) mass is 300 g/mol. The lowest BCUT2D eigenvalue weighted by Crippen LogP contribution is -2.29. The number of rotatable bonds is 5. The Morgan fingerprint density at radius 1 is 1.25 bits per heavy atom. The van der Waals surface area contributed by atoms with Gasteiger partial charge in [-0.05, 0) is 43.7 Å². The van der Waals surface area contributed by atoms with E-state index in [-0.39, 0.29) is 12.4 Å². The van der Waals surface area contributed by atoms with E-state index in [9.17, 15) is 0 Å². The van der Waals surface area contributed by atoms with Gasteiger partial charge in [0.05, 0.1) is 14.2 Å². The quantitative estimate of drug-likeness (QED) is 0.904. The number of methoxy groups -OCH3 is 2. The number of nitrogens with one attached hydrogen (secondary N) is 1. The molecule has 1 aromatic rings. The largest absolute Gasteiger partial charge is 0.493 e. The molecule has 1 atom stereocenters. The van der Waals surface area contributed by atoms with E-state index in [0.717, 1.165) is 31.1 Å². The molecular weight excluding hydrogens is 276 g/mol. The maximum absolute atomic E-state index is 5.38. The van der Waals surface area contributed by atoms with Gasteiger partial charge in [0.1, 0.15) is 0 Å². The van der Waals surface area contributed by atoms with Crippen molar-refractivity contribution in [3.05, 3.63) is 23.3 Å². The first-order chi connectivity index (χ1) is 9.17. The van der Waals surface area contributed by atoms with Gasteiger partial charge >= 0.3 is 0 Å². The van der Waals surface area contributed by atoms with E-state index in [4.69, 9.17) is 9.47 Å². The highest BCUT2D eigenvalue weighted by atomic mass is 35.5. The normalized spacial score (nSPS) is 18.7. The van der Waals surface area contributed by atoms with Crippen LogP contribution in [-0.4, -0.2) is 45.3 Å². The Morgan fingerprint density at radius 3 is 2.45 bits per heavy atom. The van der Waals surface area contributed by atoms with E-state index in [1.807, 2.05) is 7.05 Å². The third kappa shape index (κ3) is 3.78. The summed E-state index contributed by atoms with van der Waals surface area (Å²) in [5, 5.41) is 3.35. The molecule has 0 radical (unpaired) electrons. The number of hydrogen-bond donors (Lipinski definition) is 1. The molecule has 0 aliphatic carbocycles. The Morgan fingerprint density at radius 2 is 1.90 bits per heavy atom. The summed E-state index contributed by atoms with van der Waals surface area (Å²) in [7, 11) is 5.40. The molecule has 0 amide bonds. The van der Waals surface area contributed by atoms with Crippen LogP contribution in [0.2, 0.25) is 0 Å². The van der Waals surface area contributed by atoms with Gasteiger partial charge in [0.2, 0.25) is 0 Å². The summed E-state index contributed by atoms with van der Waals surface area (Å²) in [4.78, 5) is 2.48. The van der Waals surface area contributed by atoms with Crippen LogP contribution >= 0.6 is 12.4 Å². The zero-order valence-electron chi connectivity index (χ0n) is 12.7. The fourth-order valence-corrected chi connectivity index (χ4v) is 2.65. The van der Waals surface area contributed by atoms with Crippen molar-refractivity contribution in [2.45, 2.75) is 25.9 Å². The van der Waals surface area contributed by atoms with Crippen molar-refractivity contribution in [1.82, 2.24) is 10.2 Å². The van der Waals surface area contributed by atoms with Crippen molar-refractivity contribution in [2.24, 2.45) is 0 Å². The van der Waals surface area contributed by atoms with Gasteiger partial charge in [-0.2, -0.15) is 0 Å². The van der Waals surface area contributed by atoms with E-state index < -0.39 is 0 Å². The fourth-order valence-electron chi connectivity index (χ4n) is 2.65. The number of halogens is 1. The van der Waals surface area contributed by atoms with Crippen LogP contribution in [0.1, 0.15) is 17.5 Å². The second-order valence-corrected chi connectivity index (χ2v) is 5.14. The molecule has 1 aliphatic heterocycles. The molecule has 1 aromatic carbocycles. The Bertz CT molecular complexity index is 440. The zero-order valence-corrected chi connectivity index (χ0v) is 13.5. The molecule has 20 heavy (non-hydrogen) atoms. The maximum Gasteiger partial charge on any atom is 0.161 e. The topological polar surface area (TPSA) is 33.7 Å².